The Kier molecular flexibility index (Phi) is 12.6. The SMILES string of the molecule is CCCC(CCO)CNC(=NCc1ccccc1Cn1cccn1)NCC.I. The highest BCUT2D eigenvalue weighted by Crippen LogP contribution is 2.12. The molecule has 156 valence electrons. The zero-order valence-corrected chi connectivity index (χ0v) is 19.3. The van der Waals surface area contributed by atoms with Crippen LogP contribution in [0.25, 0.3) is 0 Å². The summed E-state index contributed by atoms with van der Waals surface area (Å²) >= 11 is 0. The van der Waals surface area contributed by atoms with E-state index in [0.717, 1.165) is 44.9 Å². The molecule has 2 rings (SSSR count). The highest BCUT2D eigenvalue weighted by atomic mass is 127. The average molecular weight is 499 g/mol. The lowest BCUT2D eigenvalue weighted by molar-refractivity contribution is 0.251. The molecule has 0 bridgehead atoms. The van der Waals surface area contributed by atoms with E-state index in [-0.39, 0.29) is 30.6 Å². The molecule has 1 heterocycles. The van der Waals surface area contributed by atoms with E-state index in [1.54, 1.807) is 6.20 Å². The monoisotopic (exact) mass is 499 g/mol. The molecule has 0 saturated carbocycles. The van der Waals surface area contributed by atoms with E-state index in [2.05, 4.69) is 53.8 Å². The summed E-state index contributed by atoms with van der Waals surface area (Å²) < 4.78 is 1.93. The van der Waals surface area contributed by atoms with E-state index in [1.807, 2.05) is 16.9 Å². The van der Waals surface area contributed by atoms with E-state index in [1.165, 1.54) is 11.1 Å². The molecule has 3 N–H and O–H groups in total. The Balaban J connectivity index is 0.00000392. The fraction of sp³-hybridized carbons (Fsp3) is 0.524. The van der Waals surface area contributed by atoms with Crippen LogP contribution in [0.3, 0.4) is 0 Å². The summed E-state index contributed by atoms with van der Waals surface area (Å²) in [6.45, 7) is 7.50. The number of aliphatic hydroxyl groups is 1. The lowest BCUT2D eigenvalue weighted by Gasteiger charge is -2.18. The Morgan fingerprint density at radius 3 is 2.57 bits per heavy atom. The second kappa shape index (κ2) is 14.4. The van der Waals surface area contributed by atoms with Crippen molar-refractivity contribution in [1.82, 2.24) is 20.4 Å². The molecule has 0 radical (unpaired) electrons. The van der Waals surface area contributed by atoms with Crippen molar-refractivity contribution in [3.8, 4) is 0 Å². The molecule has 0 spiro atoms. The predicted molar refractivity (Wildman–Crippen MR) is 126 cm³/mol. The number of halogens is 1. The third-order valence-corrected chi connectivity index (χ3v) is 4.55. The third-order valence-electron chi connectivity index (χ3n) is 4.55. The largest absolute Gasteiger partial charge is 0.396 e. The van der Waals surface area contributed by atoms with Crippen LogP contribution in [0.1, 0.15) is 44.2 Å². The molecule has 0 amide bonds. The van der Waals surface area contributed by atoms with Crippen molar-refractivity contribution < 1.29 is 5.11 Å². The van der Waals surface area contributed by atoms with Gasteiger partial charge < -0.3 is 15.7 Å². The molecule has 1 aromatic heterocycles. The minimum Gasteiger partial charge on any atom is -0.396 e. The van der Waals surface area contributed by atoms with Crippen molar-refractivity contribution >= 4 is 29.9 Å². The number of aliphatic hydroxyl groups excluding tert-OH is 1. The number of aliphatic imine (C=N–C) groups is 1. The van der Waals surface area contributed by atoms with Crippen LogP contribution in [0, 0.1) is 5.92 Å². The molecule has 1 atom stereocenters. The third kappa shape index (κ3) is 8.60. The predicted octanol–water partition coefficient (Wildman–Crippen LogP) is 3.40. The van der Waals surface area contributed by atoms with Crippen LogP contribution in [0.4, 0.5) is 0 Å². The molecule has 0 aliphatic heterocycles. The number of nitrogens with zero attached hydrogens (tertiary/aromatic N) is 3. The van der Waals surface area contributed by atoms with Crippen LogP contribution in [-0.2, 0) is 13.1 Å². The first kappa shape index (κ1) is 24.4. The highest BCUT2D eigenvalue weighted by Gasteiger charge is 2.09. The van der Waals surface area contributed by atoms with Crippen molar-refractivity contribution in [2.45, 2.75) is 46.2 Å². The summed E-state index contributed by atoms with van der Waals surface area (Å²) in [4.78, 5) is 4.77. The molecule has 0 aliphatic rings. The summed E-state index contributed by atoms with van der Waals surface area (Å²) in [5.41, 5.74) is 2.43. The number of guanidine groups is 1. The normalized spacial score (nSPS) is 12.3. The second-order valence-corrected chi connectivity index (χ2v) is 6.72. The zero-order chi connectivity index (χ0) is 19.3. The summed E-state index contributed by atoms with van der Waals surface area (Å²) in [5.74, 6) is 1.29. The molecular formula is C21H34IN5O. The molecule has 1 unspecified atom stereocenters. The lowest BCUT2D eigenvalue weighted by atomic mass is 10.0. The van der Waals surface area contributed by atoms with Gasteiger partial charge in [0.2, 0.25) is 0 Å². The minimum atomic E-state index is 0. The topological polar surface area (TPSA) is 74.5 Å². The molecule has 0 aliphatic carbocycles. The van der Waals surface area contributed by atoms with Crippen molar-refractivity contribution in [3.63, 3.8) is 0 Å². The first-order valence-electron chi connectivity index (χ1n) is 9.94. The number of rotatable bonds is 11. The van der Waals surface area contributed by atoms with E-state index in [0.29, 0.717) is 12.5 Å². The quantitative estimate of drug-likeness (QED) is 0.252. The van der Waals surface area contributed by atoms with Gasteiger partial charge in [-0.3, -0.25) is 4.68 Å². The maximum atomic E-state index is 9.24. The van der Waals surface area contributed by atoms with Gasteiger partial charge in [0.05, 0.1) is 13.1 Å². The minimum absolute atomic E-state index is 0. The highest BCUT2D eigenvalue weighted by molar-refractivity contribution is 14.0. The summed E-state index contributed by atoms with van der Waals surface area (Å²) in [5, 5.41) is 20.3. The van der Waals surface area contributed by atoms with Gasteiger partial charge in [-0.2, -0.15) is 5.10 Å². The number of nitrogens with one attached hydrogen (secondary N) is 2. The molecule has 1 aromatic carbocycles. The molecule has 7 heteroatoms. The van der Waals surface area contributed by atoms with Gasteiger partial charge in [-0.25, -0.2) is 4.99 Å². The van der Waals surface area contributed by atoms with Crippen LogP contribution < -0.4 is 10.6 Å². The molecule has 0 fully saturated rings. The second-order valence-electron chi connectivity index (χ2n) is 6.72. The first-order chi connectivity index (χ1) is 13.3. The Labute approximate surface area is 185 Å². The fourth-order valence-corrected chi connectivity index (χ4v) is 3.12. The van der Waals surface area contributed by atoms with Gasteiger partial charge in [-0.15, -0.1) is 24.0 Å². The number of hydrogen-bond donors (Lipinski definition) is 3. The Morgan fingerprint density at radius 1 is 1.14 bits per heavy atom. The van der Waals surface area contributed by atoms with Gasteiger partial charge >= 0.3 is 0 Å². The van der Waals surface area contributed by atoms with Crippen molar-refractivity contribution in [1.29, 1.82) is 0 Å². The van der Waals surface area contributed by atoms with Crippen LogP contribution in [-0.4, -0.2) is 40.5 Å². The van der Waals surface area contributed by atoms with Crippen LogP contribution in [0.5, 0.6) is 0 Å². The van der Waals surface area contributed by atoms with Crippen molar-refractivity contribution in [3.05, 3.63) is 53.9 Å². The maximum absolute atomic E-state index is 9.24. The van der Waals surface area contributed by atoms with Gasteiger partial charge in [0.25, 0.3) is 0 Å². The fourth-order valence-electron chi connectivity index (χ4n) is 3.12. The first-order valence-corrected chi connectivity index (χ1v) is 9.94. The molecular weight excluding hydrogens is 465 g/mol. The molecule has 0 saturated heterocycles. The maximum Gasteiger partial charge on any atom is 0.191 e. The smallest absolute Gasteiger partial charge is 0.191 e. The number of hydrogen-bond acceptors (Lipinski definition) is 3. The summed E-state index contributed by atoms with van der Waals surface area (Å²) in [7, 11) is 0. The standard InChI is InChI=1S/C21H33N5O.HI/c1-3-8-18(11-14-27)15-23-21(22-4-2)24-16-19-9-5-6-10-20(19)17-26-13-7-12-25-26;/h5-7,9-10,12-13,18,27H,3-4,8,11,14-17H2,1-2H3,(H2,22,23,24);1H. The van der Waals surface area contributed by atoms with Gasteiger partial charge in [0.15, 0.2) is 5.96 Å². The Morgan fingerprint density at radius 2 is 1.93 bits per heavy atom. The zero-order valence-electron chi connectivity index (χ0n) is 17.0. The molecule has 2 aromatic rings. The van der Waals surface area contributed by atoms with Crippen molar-refractivity contribution in [2.24, 2.45) is 10.9 Å². The van der Waals surface area contributed by atoms with Gasteiger partial charge in [0.1, 0.15) is 0 Å². The average Bonchev–Trinajstić information content (AvgIpc) is 3.18. The molecule has 28 heavy (non-hydrogen) atoms. The van der Waals surface area contributed by atoms with Crippen LogP contribution in [0.15, 0.2) is 47.7 Å². The van der Waals surface area contributed by atoms with E-state index < -0.39 is 0 Å². The lowest BCUT2D eigenvalue weighted by Crippen LogP contribution is -2.40. The Hall–Kier alpha value is -1.61. The number of benzene rings is 1. The van der Waals surface area contributed by atoms with Crippen LogP contribution >= 0.6 is 24.0 Å². The van der Waals surface area contributed by atoms with E-state index in [4.69, 9.17) is 4.99 Å². The Bertz CT molecular complexity index is 669. The molecule has 6 nitrogen and oxygen atoms in total. The summed E-state index contributed by atoms with van der Waals surface area (Å²) in [6, 6.07) is 10.3. The van der Waals surface area contributed by atoms with E-state index in [9.17, 15) is 5.11 Å². The van der Waals surface area contributed by atoms with Gasteiger partial charge in [-0.1, -0.05) is 37.6 Å². The number of aromatic nitrogens is 2. The van der Waals surface area contributed by atoms with Crippen molar-refractivity contribution in [2.75, 3.05) is 19.7 Å². The summed E-state index contributed by atoms with van der Waals surface area (Å²) in [6.07, 6.45) is 6.83. The van der Waals surface area contributed by atoms with Crippen LogP contribution in [0.2, 0.25) is 0 Å². The van der Waals surface area contributed by atoms with Gasteiger partial charge in [0, 0.05) is 32.1 Å². The van der Waals surface area contributed by atoms with E-state index >= 15 is 0 Å². The van der Waals surface area contributed by atoms with Gasteiger partial charge in [-0.05, 0) is 42.9 Å².